The number of nitrogen functional groups attached to an aromatic ring is 1. The summed E-state index contributed by atoms with van der Waals surface area (Å²) in [6.45, 7) is 1.59. The van der Waals surface area contributed by atoms with Gasteiger partial charge in [0, 0.05) is 24.7 Å². The van der Waals surface area contributed by atoms with E-state index >= 15 is 0 Å². The van der Waals surface area contributed by atoms with Crippen LogP contribution in [0.1, 0.15) is 25.3 Å². The highest BCUT2D eigenvalue weighted by atomic mass is 16.6. The van der Waals surface area contributed by atoms with Gasteiger partial charge in [-0.15, -0.1) is 0 Å². The molecule has 0 aliphatic carbocycles. The van der Waals surface area contributed by atoms with Crippen LogP contribution in [0.3, 0.4) is 0 Å². The maximum absolute atomic E-state index is 12.8. The van der Waals surface area contributed by atoms with E-state index in [-0.39, 0.29) is 18.2 Å². The summed E-state index contributed by atoms with van der Waals surface area (Å²) in [5.41, 5.74) is 12.0. The number of esters is 2. The summed E-state index contributed by atoms with van der Waals surface area (Å²) >= 11 is 0. The number of carbonyl (C=O) groups is 3. The monoisotopic (exact) mass is 358 g/mol. The molecule has 0 spiro atoms. The van der Waals surface area contributed by atoms with E-state index in [1.54, 1.807) is 35.2 Å². The summed E-state index contributed by atoms with van der Waals surface area (Å²) < 4.78 is 4.69. The number of nitrogens with zero attached hydrogens (tertiary/aromatic N) is 1. The summed E-state index contributed by atoms with van der Waals surface area (Å²) in [6, 6.07) is 6.74. The largest absolute Gasteiger partial charge is 0.405 e. The van der Waals surface area contributed by atoms with Gasteiger partial charge in [0.05, 0.1) is 11.8 Å². The van der Waals surface area contributed by atoms with Crippen molar-refractivity contribution in [2.45, 2.75) is 19.8 Å². The molecule has 0 aromatic heterocycles. The van der Waals surface area contributed by atoms with E-state index in [2.05, 4.69) is 0 Å². The topological polar surface area (TPSA) is 140 Å². The van der Waals surface area contributed by atoms with Gasteiger partial charge in [-0.3, -0.25) is 19.8 Å². The lowest BCUT2D eigenvalue weighted by Crippen LogP contribution is -2.34. The molecular weight excluding hydrogens is 336 g/mol. The summed E-state index contributed by atoms with van der Waals surface area (Å²) in [6.07, 6.45) is 3.55. The van der Waals surface area contributed by atoms with Crippen LogP contribution in [-0.4, -0.2) is 30.2 Å². The number of anilines is 1. The number of carbonyl (C=O) groups excluding carboxylic acids is 3. The Morgan fingerprint density at radius 2 is 2.04 bits per heavy atom. The smallest absolute Gasteiger partial charge is 0.317 e. The first-order valence-corrected chi connectivity index (χ1v) is 8.20. The number of hydrogen-bond donors (Lipinski definition) is 3. The maximum Gasteiger partial charge on any atom is 0.317 e. The summed E-state index contributed by atoms with van der Waals surface area (Å²) in [5.74, 6) is -3.06. The van der Waals surface area contributed by atoms with Crippen molar-refractivity contribution in [3.63, 3.8) is 0 Å². The van der Waals surface area contributed by atoms with Crippen molar-refractivity contribution in [3.05, 3.63) is 42.1 Å². The van der Waals surface area contributed by atoms with Crippen molar-refractivity contribution in [1.82, 2.24) is 0 Å². The fourth-order valence-electron chi connectivity index (χ4n) is 3.02. The Morgan fingerprint density at radius 1 is 1.38 bits per heavy atom. The maximum atomic E-state index is 12.8. The predicted octanol–water partition coefficient (Wildman–Crippen LogP) is 0.892. The Balaban J connectivity index is 2.19. The van der Waals surface area contributed by atoms with Crippen LogP contribution in [0.5, 0.6) is 0 Å². The molecule has 2 atom stereocenters. The molecule has 0 bridgehead atoms. The van der Waals surface area contributed by atoms with Crippen molar-refractivity contribution in [2.24, 2.45) is 23.3 Å². The minimum absolute atomic E-state index is 0.0530. The number of nitrogens with one attached hydrogen (secondary N) is 1. The third-order valence-corrected chi connectivity index (χ3v) is 4.30. The van der Waals surface area contributed by atoms with Crippen molar-refractivity contribution >= 4 is 29.4 Å². The molecule has 1 heterocycles. The average Bonchev–Trinajstić information content (AvgIpc) is 2.96. The lowest BCUT2D eigenvalue weighted by atomic mass is 9.88. The van der Waals surface area contributed by atoms with Gasteiger partial charge in [-0.2, -0.15) is 0 Å². The van der Waals surface area contributed by atoms with Gasteiger partial charge in [-0.05, 0) is 43.3 Å². The van der Waals surface area contributed by atoms with Crippen LogP contribution < -0.4 is 16.4 Å². The number of amides is 1. The van der Waals surface area contributed by atoms with E-state index in [9.17, 15) is 14.4 Å². The zero-order valence-electron chi connectivity index (χ0n) is 14.5. The van der Waals surface area contributed by atoms with Crippen LogP contribution in [0, 0.1) is 17.2 Å². The lowest BCUT2D eigenvalue weighted by Gasteiger charge is -2.21. The molecule has 0 radical (unpaired) electrons. The number of ether oxygens (including phenoxy) is 1. The normalized spacial score (nSPS) is 18.1. The number of nitrogens with two attached hydrogens (primary N) is 2. The molecule has 1 aromatic rings. The zero-order valence-corrected chi connectivity index (χ0v) is 14.5. The van der Waals surface area contributed by atoms with Crippen LogP contribution in [0.2, 0.25) is 0 Å². The van der Waals surface area contributed by atoms with Crippen LogP contribution in [0.15, 0.2) is 36.5 Å². The van der Waals surface area contributed by atoms with Gasteiger partial charge in [0.2, 0.25) is 5.91 Å². The fourth-order valence-corrected chi connectivity index (χ4v) is 3.02. The molecule has 1 aliphatic rings. The van der Waals surface area contributed by atoms with E-state index in [1.165, 1.54) is 6.20 Å². The van der Waals surface area contributed by atoms with Gasteiger partial charge in [-0.1, -0.05) is 6.08 Å². The molecule has 1 saturated heterocycles. The highest BCUT2D eigenvalue weighted by Gasteiger charge is 2.41. The Labute approximate surface area is 151 Å². The molecule has 1 fully saturated rings. The molecule has 2 unspecified atom stereocenters. The van der Waals surface area contributed by atoms with Crippen molar-refractivity contribution < 1.29 is 19.1 Å². The van der Waals surface area contributed by atoms with Crippen molar-refractivity contribution in [3.8, 4) is 0 Å². The van der Waals surface area contributed by atoms with E-state index in [4.69, 9.17) is 21.6 Å². The third-order valence-electron chi connectivity index (χ3n) is 4.30. The minimum atomic E-state index is -0.771. The number of amidine groups is 1. The number of allylic oxidation sites excluding steroid dienone is 1. The standard InChI is InChI=1S/C18H22N4O4/c1-11(23)26-18(25)15(3-2-9-19)14-8-10-22(17(14)24)13-6-4-12(5-7-13)16(20)21/h2,4-7,9,14-15H,3,8,10,19H2,1H3,(H3,20,21). The fraction of sp³-hybridized carbons (Fsp3) is 0.333. The molecule has 0 saturated carbocycles. The third kappa shape index (κ3) is 4.27. The van der Waals surface area contributed by atoms with Gasteiger partial charge in [0.25, 0.3) is 0 Å². The molecule has 8 heteroatoms. The molecule has 1 amide bonds. The SMILES string of the molecule is CC(=O)OC(=O)C(CC=CN)C1CCN(c2ccc(C(=N)N)cc2)C1=O. The second-order valence-corrected chi connectivity index (χ2v) is 6.03. The molecule has 5 N–H and O–H groups in total. The molecule has 26 heavy (non-hydrogen) atoms. The lowest BCUT2D eigenvalue weighted by molar-refractivity contribution is -0.163. The second-order valence-electron chi connectivity index (χ2n) is 6.03. The van der Waals surface area contributed by atoms with Gasteiger partial charge in [0.15, 0.2) is 0 Å². The quantitative estimate of drug-likeness (QED) is 0.299. The Hall–Kier alpha value is -3.16. The first-order chi connectivity index (χ1) is 12.3. The first-order valence-electron chi connectivity index (χ1n) is 8.20. The van der Waals surface area contributed by atoms with Crippen LogP contribution in [0.25, 0.3) is 0 Å². The number of hydrogen-bond acceptors (Lipinski definition) is 6. The summed E-state index contributed by atoms with van der Waals surface area (Å²) in [4.78, 5) is 37.7. The average molecular weight is 358 g/mol. The Bertz CT molecular complexity index is 742. The van der Waals surface area contributed by atoms with Gasteiger partial charge in [-0.25, -0.2) is 0 Å². The van der Waals surface area contributed by atoms with E-state index < -0.39 is 23.8 Å². The van der Waals surface area contributed by atoms with E-state index in [0.29, 0.717) is 24.2 Å². The number of benzene rings is 1. The minimum Gasteiger partial charge on any atom is -0.405 e. The zero-order chi connectivity index (χ0) is 19.3. The molecular formula is C18H22N4O4. The van der Waals surface area contributed by atoms with Gasteiger partial charge < -0.3 is 21.1 Å². The molecule has 2 rings (SSSR count). The summed E-state index contributed by atoms with van der Waals surface area (Å²) in [7, 11) is 0. The van der Waals surface area contributed by atoms with Crippen LogP contribution >= 0.6 is 0 Å². The molecule has 1 aliphatic heterocycles. The highest BCUT2D eigenvalue weighted by Crippen LogP contribution is 2.32. The molecule has 138 valence electrons. The Morgan fingerprint density at radius 3 is 2.58 bits per heavy atom. The Kier molecular flexibility index (Phi) is 6.11. The first kappa shape index (κ1) is 19.2. The van der Waals surface area contributed by atoms with Gasteiger partial charge >= 0.3 is 11.9 Å². The van der Waals surface area contributed by atoms with E-state index in [0.717, 1.165) is 6.92 Å². The van der Waals surface area contributed by atoms with Crippen LogP contribution in [0.4, 0.5) is 5.69 Å². The highest BCUT2D eigenvalue weighted by molar-refractivity contribution is 6.01. The van der Waals surface area contributed by atoms with Crippen molar-refractivity contribution in [1.29, 1.82) is 5.41 Å². The van der Waals surface area contributed by atoms with E-state index in [1.807, 2.05) is 0 Å². The van der Waals surface area contributed by atoms with Crippen molar-refractivity contribution in [2.75, 3.05) is 11.4 Å². The predicted molar refractivity (Wildman–Crippen MR) is 96.1 cm³/mol. The van der Waals surface area contributed by atoms with Gasteiger partial charge in [0.1, 0.15) is 5.84 Å². The number of rotatable bonds is 6. The summed E-state index contributed by atoms with van der Waals surface area (Å²) in [5, 5.41) is 7.41. The molecule has 1 aromatic carbocycles. The van der Waals surface area contributed by atoms with Crippen LogP contribution in [-0.2, 0) is 19.1 Å². The molecule has 8 nitrogen and oxygen atoms in total. The second kappa shape index (κ2) is 8.28.